The molecule has 0 saturated carbocycles. The van der Waals surface area contributed by atoms with E-state index in [2.05, 4.69) is 0 Å². The third kappa shape index (κ3) is 3.18. The molecular formula is C15H15NO. The van der Waals surface area contributed by atoms with E-state index in [-0.39, 0.29) is 5.78 Å². The number of nitrogens with two attached hydrogens (primary N) is 1. The SMILES string of the molecule is Nc1ccc(C(=O)CCc2ccccc2)cc1. The molecular weight excluding hydrogens is 210 g/mol. The van der Waals surface area contributed by atoms with Crippen molar-refractivity contribution in [3.63, 3.8) is 0 Å². The van der Waals surface area contributed by atoms with Crippen LogP contribution in [0.25, 0.3) is 0 Å². The molecule has 0 saturated heterocycles. The summed E-state index contributed by atoms with van der Waals surface area (Å²) < 4.78 is 0. The fraction of sp³-hybridized carbons (Fsp3) is 0.133. The van der Waals surface area contributed by atoms with Crippen LogP contribution in [0, 0.1) is 0 Å². The molecule has 0 amide bonds. The Labute approximate surface area is 101 Å². The van der Waals surface area contributed by atoms with Gasteiger partial charge in [0.05, 0.1) is 0 Å². The zero-order valence-corrected chi connectivity index (χ0v) is 9.60. The molecule has 2 aromatic carbocycles. The predicted octanol–water partition coefficient (Wildman–Crippen LogP) is 3.08. The van der Waals surface area contributed by atoms with E-state index in [4.69, 9.17) is 5.73 Å². The average Bonchev–Trinajstić information content (AvgIpc) is 2.38. The van der Waals surface area contributed by atoms with Gasteiger partial charge >= 0.3 is 0 Å². The smallest absolute Gasteiger partial charge is 0.163 e. The minimum Gasteiger partial charge on any atom is -0.399 e. The van der Waals surface area contributed by atoms with Crippen molar-refractivity contribution in [2.45, 2.75) is 12.8 Å². The number of nitrogen functional groups attached to an aromatic ring is 1. The highest BCUT2D eigenvalue weighted by Gasteiger charge is 2.05. The van der Waals surface area contributed by atoms with E-state index in [1.54, 1.807) is 24.3 Å². The lowest BCUT2D eigenvalue weighted by Crippen LogP contribution is -2.01. The van der Waals surface area contributed by atoms with Gasteiger partial charge < -0.3 is 5.73 Å². The van der Waals surface area contributed by atoms with E-state index in [1.807, 2.05) is 30.3 Å². The Balaban J connectivity index is 1.96. The normalized spacial score (nSPS) is 10.1. The Morgan fingerprint density at radius 1 is 0.941 bits per heavy atom. The molecule has 0 unspecified atom stereocenters. The third-order valence-corrected chi connectivity index (χ3v) is 2.72. The second-order valence-corrected chi connectivity index (χ2v) is 4.03. The van der Waals surface area contributed by atoms with Crippen molar-refractivity contribution in [2.75, 3.05) is 5.73 Å². The molecule has 86 valence electrons. The molecule has 0 aliphatic carbocycles. The largest absolute Gasteiger partial charge is 0.399 e. The molecule has 0 fully saturated rings. The topological polar surface area (TPSA) is 43.1 Å². The van der Waals surface area contributed by atoms with Gasteiger partial charge in [-0.05, 0) is 36.2 Å². The maximum absolute atomic E-state index is 11.9. The summed E-state index contributed by atoms with van der Waals surface area (Å²) >= 11 is 0. The number of hydrogen-bond acceptors (Lipinski definition) is 2. The van der Waals surface area contributed by atoms with Crippen molar-refractivity contribution in [1.82, 2.24) is 0 Å². The molecule has 17 heavy (non-hydrogen) atoms. The summed E-state index contributed by atoms with van der Waals surface area (Å²) in [6.45, 7) is 0. The molecule has 0 bridgehead atoms. The van der Waals surface area contributed by atoms with Crippen molar-refractivity contribution in [2.24, 2.45) is 0 Å². The van der Waals surface area contributed by atoms with E-state index in [0.717, 1.165) is 12.0 Å². The molecule has 0 aromatic heterocycles. The highest BCUT2D eigenvalue weighted by Crippen LogP contribution is 2.10. The molecule has 0 radical (unpaired) electrons. The number of benzene rings is 2. The summed E-state index contributed by atoms with van der Waals surface area (Å²) in [4.78, 5) is 11.9. The predicted molar refractivity (Wildman–Crippen MR) is 69.9 cm³/mol. The van der Waals surface area contributed by atoms with E-state index in [0.29, 0.717) is 12.1 Å². The molecule has 0 atom stereocenters. The number of carbonyl (C=O) groups excluding carboxylic acids is 1. The lowest BCUT2D eigenvalue weighted by atomic mass is 10.0. The van der Waals surface area contributed by atoms with Crippen LogP contribution in [0.5, 0.6) is 0 Å². The first-order valence-corrected chi connectivity index (χ1v) is 5.68. The second kappa shape index (κ2) is 5.30. The van der Waals surface area contributed by atoms with Crippen LogP contribution >= 0.6 is 0 Å². The first kappa shape index (κ1) is 11.4. The lowest BCUT2D eigenvalue weighted by Gasteiger charge is -2.02. The van der Waals surface area contributed by atoms with Gasteiger partial charge in [0.1, 0.15) is 0 Å². The quantitative estimate of drug-likeness (QED) is 0.642. The number of Topliss-reactive ketones (excluding diaryl/α,β-unsaturated/α-hetero) is 1. The summed E-state index contributed by atoms with van der Waals surface area (Å²) in [7, 11) is 0. The van der Waals surface area contributed by atoms with Gasteiger partial charge in [-0.1, -0.05) is 30.3 Å². The van der Waals surface area contributed by atoms with Crippen LogP contribution in [0.3, 0.4) is 0 Å². The molecule has 2 heteroatoms. The molecule has 2 rings (SSSR count). The molecule has 0 aliphatic heterocycles. The number of anilines is 1. The van der Waals surface area contributed by atoms with Gasteiger partial charge in [0.25, 0.3) is 0 Å². The minimum atomic E-state index is 0.161. The molecule has 2 aromatic rings. The van der Waals surface area contributed by atoms with Crippen LogP contribution in [0.2, 0.25) is 0 Å². The zero-order valence-electron chi connectivity index (χ0n) is 9.60. The lowest BCUT2D eigenvalue weighted by molar-refractivity contribution is 0.0983. The fourth-order valence-electron chi connectivity index (χ4n) is 1.72. The fourth-order valence-corrected chi connectivity index (χ4v) is 1.72. The minimum absolute atomic E-state index is 0.161. The maximum Gasteiger partial charge on any atom is 0.163 e. The van der Waals surface area contributed by atoms with Gasteiger partial charge in [-0.15, -0.1) is 0 Å². The molecule has 2 nitrogen and oxygen atoms in total. The molecule has 0 spiro atoms. The van der Waals surface area contributed by atoms with Gasteiger partial charge in [0.2, 0.25) is 0 Å². The summed E-state index contributed by atoms with van der Waals surface area (Å²) in [5.74, 6) is 0.161. The number of carbonyl (C=O) groups is 1. The van der Waals surface area contributed by atoms with Crippen molar-refractivity contribution >= 4 is 11.5 Å². The van der Waals surface area contributed by atoms with E-state index < -0.39 is 0 Å². The first-order chi connectivity index (χ1) is 8.25. The summed E-state index contributed by atoms with van der Waals surface area (Å²) in [5.41, 5.74) is 8.19. The van der Waals surface area contributed by atoms with Crippen molar-refractivity contribution in [3.05, 3.63) is 65.7 Å². The second-order valence-electron chi connectivity index (χ2n) is 4.03. The van der Waals surface area contributed by atoms with E-state index in [9.17, 15) is 4.79 Å². The van der Waals surface area contributed by atoms with Gasteiger partial charge in [0.15, 0.2) is 5.78 Å². The molecule has 0 aliphatic rings. The van der Waals surface area contributed by atoms with Gasteiger partial charge in [0, 0.05) is 17.7 Å². The first-order valence-electron chi connectivity index (χ1n) is 5.68. The van der Waals surface area contributed by atoms with E-state index >= 15 is 0 Å². The summed E-state index contributed by atoms with van der Waals surface area (Å²) in [6, 6.07) is 17.1. The third-order valence-electron chi connectivity index (χ3n) is 2.72. The standard InChI is InChI=1S/C15H15NO/c16-14-9-7-13(8-10-14)15(17)11-6-12-4-2-1-3-5-12/h1-5,7-10H,6,11,16H2. The summed E-state index contributed by atoms with van der Waals surface area (Å²) in [5, 5.41) is 0. The van der Waals surface area contributed by atoms with Crippen molar-refractivity contribution in [3.8, 4) is 0 Å². The number of ketones is 1. The Kier molecular flexibility index (Phi) is 3.55. The summed E-state index contributed by atoms with van der Waals surface area (Å²) in [6.07, 6.45) is 1.32. The van der Waals surface area contributed by atoms with Crippen LogP contribution in [0.4, 0.5) is 5.69 Å². The monoisotopic (exact) mass is 225 g/mol. The van der Waals surface area contributed by atoms with Crippen molar-refractivity contribution < 1.29 is 4.79 Å². The Morgan fingerprint density at radius 2 is 1.59 bits per heavy atom. The Bertz CT molecular complexity index is 488. The van der Waals surface area contributed by atoms with Gasteiger partial charge in [-0.25, -0.2) is 0 Å². The number of hydrogen-bond donors (Lipinski definition) is 1. The van der Waals surface area contributed by atoms with Crippen LogP contribution in [-0.4, -0.2) is 5.78 Å². The Hall–Kier alpha value is -2.09. The Morgan fingerprint density at radius 3 is 2.24 bits per heavy atom. The number of rotatable bonds is 4. The van der Waals surface area contributed by atoms with Crippen molar-refractivity contribution in [1.29, 1.82) is 0 Å². The molecule has 2 N–H and O–H groups in total. The van der Waals surface area contributed by atoms with Crippen LogP contribution < -0.4 is 5.73 Å². The highest BCUT2D eigenvalue weighted by atomic mass is 16.1. The maximum atomic E-state index is 11.9. The zero-order chi connectivity index (χ0) is 12.1. The van der Waals surface area contributed by atoms with E-state index in [1.165, 1.54) is 5.56 Å². The highest BCUT2D eigenvalue weighted by molar-refractivity contribution is 5.96. The molecule has 0 heterocycles. The van der Waals surface area contributed by atoms with Crippen LogP contribution in [-0.2, 0) is 6.42 Å². The van der Waals surface area contributed by atoms with Gasteiger partial charge in [-0.3, -0.25) is 4.79 Å². The van der Waals surface area contributed by atoms with Crippen LogP contribution in [0.15, 0.2) is 54.6 Å². The van der Waals surface area contributed by atoms with Crippen LogP contribution in [0.1, 0.15) is 22.3 Å². The number of aryl methyl sites for hydroxylation is 1. The van der Waals surface area contributed by atoms with Gasteiger partial charge in [-0.2, -0.15) is 0 Å². The average molecular weight is 225 g/mol.